The second-order valence-electron chi connectivity index (χ2n) is 6.88. The summed E-state index contributed by atoms with van der Waals surface area (Å²) in [6.45, 7) is 5.76. The molecule has 0 unspecified atom stereocenters. The number of hydrogen-bond acceptors (Lipinski definition) is 4. The maximum absolute atomic E-state index is 12.4. The fourth-order valence-electron chi connectivity index (χ4n) is 2.03. The molecular formula is C18H27F3IN3O3. The summed E-state index contributed by atoms with van der Waals surface area (Å²) in [5.74, 6) is 0.000566. The number of alkyl halides is 3. The molecule has 0 saturated carbocycles. The Bertz CT molecular complexity index is 674. The summed E-state index contributed by atoms with van der Waals surface area (Å²) >= 11 is 0. The molecule has 0 amide bonds. The summed E-state index contributed by atoms with van der Waals surface area (Å²) < 4.78 is 47.3. The van der Waals surface area contributed by atoms with Gasteiger partial charge in [-0.15, -0.1) is 24.0 Å². The Morgan fingerprint density at radius 2 is 1.82 bits per heavy atom. The van der Waals surface area contributed by atoms with Crippen molar-refractivity contribution in [2.45, 2.75) is 46.0 Å². The summed E-state index contributed by atoms with van der Waals surface area (Å²) in [6.07, 6.45) is -4.42. The van der Waals surface area contributed by atoms with Crippen molar-refractivity contribution in [3.63, 3.8) is 0 Å². The number of carbonyl (C=O) groups is 1. The molecule has 28 heavy (non-hydrogen) atoms. The molecule has 1 aromatic carbocycles. The number of hydrogen-bond donors (Lipinski definition) is 2. The van der Waals surface area contributed by atoms with E-state index in [0.717, 1.165) is 5.56 Å². The third kappa shape index (κ3) is 11.2. The Morgan fingerprint density at radius 1 is 1.18 bits per heavy atom. The topological polar surface area (TPSA) is 72.0 Å². The molecule has 0 heterocycles. The number of aliphatic imine (C=N–C) groups is 1. The Morgan fingerprint density at radius 3 is 2.36 bits per heavy atom. The molecule has 2 N–H and O–H groups in total. The standard InChI is InChI=1S/C18H26F3N3O3.HI/c1-12-6-7-13(14(8-12)26-11-18(19,20)21)9-23-16(22-5)24-10-15(25)27-17(2,3)4;/h6-8H,9-11H2,1-5H3,(H2,22,23,24);1H. The zero-order valence-corrected chi connectivity index (χ0v) is 18.9. The van der Waals surface area contributed by atoms with Gasteiger partial charge in [-0.3, -0.25) is 9.79 Å². The van der Waals surface area contributed by atoms with Crippen LogP contribution in [-0.2, 0) is 16.1 Å². The van der Waals surface area contributed by atoms with Crippen LogP contribution in [0.4, 0.5) is 13.2 Å². The maximum atomic E-state index is 12.4. The number of benzene rings is 1. The van der Waals surface area contributed by atoms with Crippen LogP contribution in [0.25, 0.3) is 0 Å². The number of carbonyl (C=O) groups excluding carboxylic acids is 1. The van der Waals surface area contributed by atoms with E-state index in [2.05, 4.69) is 15.6 Å². The molecule has 10 heteroatoms. The molecule has 0 aromatic heterocycles. The number of nitrogens with zero attached hydrogens (tertiary/aromatic N) is 1. The third-order valence-corrected chi connectivity index (χ3v) is 3.10. The highest BCUT2D eigenvalue weighted by molar-refractivity contribution is 14.0. The molecule has 0 saturated heterocycles. The van der Waals surface area contributed by atoms with Gasteiger partial charge in [-0.05, 0) is 39.3 Å². The van der Waals surface area contributed by atoms with E-state index in [1.165, 1.54) is 7.05 Å². The second kappa shape index (κ2) is 11.3. The predicted octanol–water partition coefficient (Wildman–Crippen LogP) is 3.56. The lowest BCUT2D eigenvalue weighted by atomic mass is 10.1. The average Bonchev–Trinajstić information content (AvgIpc) is 2.52. The zero-order valence-electron chi connectivity index (χ0n) is 16.6. The van der Waals surface area contributed by atoms with Gasteiger partial charge in [0.15, 0.2) is 12.6 Å². The van der Waals surface area contributed by atoms with Gasteiger partial charge in [0.1, 0.15) is 17.9 Å². The van der Waals surface area contributed by atoms with Gasteiger partial charge in [-0.2, -0.15) is 13.2 Å². The highest BCUT2D eigenvalue weighted by atomic mass is 127. The highest BCUT2D eigenvalue weighted by Gasteiger charge is 2.28. The summed E-state index contributed by atoms with van der Waals surface area (Å²) in [4.78, 5) is 15.7. The molecule has 0 atom stereocenters. The molecule has 0 aliphatic rings. The van der Waals surface area contributed by atoms with E-state index in [1.54, 1.807) is 45.9 Å². The van der Waals surface area contributed by atoms with Crippen molar-refractivity contribution < 1.29 is 27.4 Å². The monoisotopic (exact) mass is 517 g/mol. The van der Waals surface area contributed by atoms with E-state index in [0.29, 0.717) is 11.5 Å². The van der Waals surface area contributed by atoms with Crippen molar-refractivity contribution in [3.05, 3.63) is 29.3 Å². The second-order valence-corrected chi connectivity index (χ2v) is 6.88. The SMILES string of the molecule is CN=C(NCC(=O)OC(C)(C)C)NCc1ccc(C)cc1OCC(F)(F)F.I. The first-order valence-corrected chi connectivity index (χ1v) is 8.35. The number of halogens is 4. The molecule has 160 valence electrons. The van der Waals surface area contributed by atoms with E-state index >= 15 is 0 Å². The van der Waals surface area contributed by atoms with Crippen molar-refractivity contribution in [1.29, 1.82) is 0 Å². The zero-order chi connectivity index (χ0) is 20.7. The summed E-state index contributed by atoms with van der Waals surface area (Å²) in [5.41, 5.74) is 0.718. The fraction of sp³-hybridized carbons (Fsp3) is 0.556. The van der Waals surface area contributed by atoms with Crippen molar-refractivity contribution in [1.82, 2.24) is 10.6 Å². The van der Waals surface area contributed by atoms with Gasteiger partial charge in [0, 0.05) is 19.2 Å². The lowest BCUT2D eigenvalue weighted by Crippen LogP contribution is -2.41. The van der Waals surface area contributed by atoms with Crippen molar-refractivity contribution in [2.24, 2.45) is 4.99 Å². The van der Waals surface area contributed by atoms with E-state index in [1.807, 2.05) is 0 Å². The molecular weight excluding hydrogens is 490 g/mol. The average molecular weight is 517 g/mol. The Kier molecular flexibility index (Phi) is 10.6. The molecule has 0 aliphatic carbocycles. The van der Waals surface area contributed by atoms with Crippen LogP contribution in [-0.4, -0.2) is 43.9 Å². The Labute approximate surface area is 180 Å². The van der Waals surface area contributed by atoms with Gasteiger partial charge in [-0.25, -0.2) is 0 Å². The van der Waals surface area contributed by atoms with Gasteiger partial charge in [0.25, 0.3) is 0 Å². The number of rotatable bonds is 6. The number of ether oxygens (including phenoxy) is 2. The van der Waals surface area contributed by atoms with E-state index in [9.17, 15) is 18.0 Å². The number of nitrogens with one attached hydrogen (secondary N) is 2. The van der Waals surface area contributed by atoms with Crippen molar-refractivity contribution >= 4 is 35.9 Å². The number of aryl methyl sites for hydroxylation is 1. The molecule has 6 nitrogen and oxygen atoms in total. The molecule has 1 rings (SSSR count). The van der Waals surface area contributed by atoms with Crippen LogP contribution in [0.3, 0.4) is 0 Å². The van der Waals surface area contributed by atoms with Gasteiger partial charge in [0.2, 0.25) is 0 Å². The van der Waals surface area contributed by atoms with Gasteiger partial charge >= 0.3 is 12.1 Å². The first-order valence-electron chi connectivity index (χ1n) is 8.35. The minimum absolute atomic E-state index is 0. The molecule has 0 spiro atoms. The maximum Gasteiger partial charge on any atom is 0.422 e. The lowest BCUT2D eigenvalue weighted by molar-refractivity contribution is -0.154. The molecule has 0 radical (unpaired) electrons. The number of guanidine groups is 1. The first-order chi connectivity index (χ1) is 12.4. The third-order valence-electron chi connectivity index (χ3n) is 3.10. The van der Waals surface area contributed by atoms with Crippen molar-refractivity contribution in [2.75, 3.05) is 20.2 Å². The summed E-state index contributed by atoms with van der Waals surface area (Å²) in [7, 11) is 1.51. The summed E-state index contributed by atoms with van der Waals surface area (Å²) in [5, 5.41) is 5.72. The smallest absolute Gasteiger partial charge is 0.422 e. The largest absolute Gasteiger partial charge is 0.484 e. The number of esters is 1. The van der Waals surface area contributed by atoms with Crippen molar-refractivity contribution in [3.8, 4) is 5.75 Å². The van der Waals surface area contributed by atoms with Crippen LogP contribution >= 0.6 is 24.0 Å². The van der Waals surface area contributed by atoms with Crippen LogP contribution in [0.5, 0.6) is 5.75 Å². The normalized spacial score (nSPS) is 12.1. The van der Waals surface area contributed by atoms with E-state index in [-0.39, 0.29) is 42.8 Å². The quantitative estimate of drug-likeness (QED) is 0.262. The Hall–Kier alpha value is -1.72. The van der Waals surface area contributed by atoms with E-state index in [4.69, 9.17) is 9.47 Å². The van der Waals surface area contributed by atoms with Crippen LogP contribution in [0.1, 0.15) is 31.9 Å². The molecule has 0 bridgehead atoms. The van der Waals surface area contributed by atoms with E-state index < -0.39 is 24.4 Å². The van der Waals surface area contributed by atoms with Gasteiger partial charge < -0.3 is 20.1 Å². The van der Waals surface area contributed by atoms with Gasteiger partial charge in [0.05, 0.1) is 0 Å². The highest BCUT2D eigenvalue weighted by Crippen LogP contribution is 2.23. The van der Waals surface area contributed by atoms with Crippen LogP contribution in [0.15, 0.2) is 23.2 Å². The lowest BCUT2D eigenvalue weighted by Gasteiger charge is -2.20. The Balaban J connectivity index is 0.00000729. The first kappa shape index (κ1) is 26.3. The molecule has 0 fully saturated rings. The van der Waals surface area contributed by atoms with Crippen LogP contribution in [0, 0.1) is 6.92 Å². The minimum Gasteiger partial charge on any atom is -0.484 e. The van der Waals surface area contributed by atoms with Gasteiger partial charge in [-0.1, -0.05) is 12.1 Å². The van der Waals surface area contributed by atoms with Crippen LogP contribution in [0.2, 0.25) is 0 Å². The minimum atomic E-state index is -4.42. The summed E-state index contributed by atoms with van der Waals surface area (Å²) in [6, 6.07) is 4.99. The predicted molar refractivity (Wildman–Crippen MR) is 112 cm³/mol. The fourth-order valence-corrected chi connectivity index (χ4v) is 2.03. The molecule has 1 aromatic rings. The van der Waals surface area contributed by atoms with Crippen LogP contribution < -0.4 is 15.4 Å². The molecule has 0 aliphatic heterocycles.